The summed E-state index contributed by atoms with van der Waals surface area (Å²) in [6.45, 7) is 4.62. The highest BCUT2D eigenvalue weighted by Crippen LogP contribution is 2.17. The van der Waals surface area contributed by atoms with Gasteiger partial charge >= 0.3 is 0 Å². The van der Waals surface area contributed by atoms with Gasteiger partial charge in [-0.25, -0.2) is 0 Å². The highest BCUT2D eigenvalue weighted by molar-refractivity contribution is 5.78. The van der Waals surface area contributed by atoms with E-state index in [2.05, 4.69) is 19.2 Å². The average molecular weight is 720 g/mol. The lowest BCUT2D eigenvalue weighted by atomic mass is 10.0. The Balaban J connectivity index is 3.38. The molecule has 0 aromatic carbocycles. The fourth-order valence-corrected chi connectivity index (χ4v) is 7.58. The molecule has 0 saturated heterocycles. The van der Waals surface area contributed by atoms with Gasteiger partial charge < -0.3 is 10.4 Å². The minimum atomic E-state index is -0.0682. The van der Waals surface area contributed by atoms with Crippen LogP contribution in [-0.4, -0.2) is 29.4 Å². The Hall–Kier alpha value is -0.900. The van der Waals surface area contributed by atoms with Gasteiger partial charge in [-0.1, -0.05) is 232 Å². The Bertz CT molecular complexity index is 695. The number of amides is 1. The largest absolute Gasteiger partial charge is 0.394 e. The monoisotopic (exact) mass is 720 g/mol. The molecule has 0 heterocycles. The summed E-state index contributed by atoms with van der Waals surface area (Å²) in [6.07, 6.45) is 51.6. The summed E-state index contributed by atoms with van der Waals surface area (Å²) in [5.41, 5.74) is 0. The Labute approximate surface area is 320 Å². The van der Waals surface area contributed by atoms with E-state index in [0.717, 1.165) is 51.4 Å². The Morgan fingerprint density at radius 3 is 0.922 bits per heavy atom. The van der Waals surface area contributed by atoms with E-state index in [-0.39, 0.29) is 18.6 Å². The van der Waals surface area contributed by atoms with Crippen molar-refractivity contribution < 1.29 is 14.7 Å². The molecular weight excluding hydrogens is 627 g/mol. The van der Waals surface area contributed by atoms with Crippen molar-refractivity contribution in [2.75, 3.05) is 6.61 Å². The van der Waals surface area contributed by atoms with E-state index in [1.807, 2.05) is 0 Å². The fraction of sp³-hybridized carbons (Fsp3) is 0.957. The second kappa shape index (κ2) is 43.5. The highest BCUT2D eigenvalue weighted by Gasteiger charge is 2.11. The van der Waals surface area contributed by atoms with Gasteiger partial charge in [-0.15, -0.1) is 0 Å². The van der Waals surface area contributed by atoms with Gasteiger partial charge in [0.1, 0.15) is 5.78 Å². The molecule has 0 spiro atoms. The molecule has 51 heavy (non-hydrogen) atoms. The first-order valence-corrected chi connectivity index (χ1v) is 23.6. The molecular formula is C47H93NO3. The molecule has 0 saturated carbocycles. The molecule has 0 aliphatic heterocycles. The highest BCUT2D eigenvalue weighted by atomic mass is 16.3. The molecule has 0 fully saturated rings. The molecule has 0 radical (unpaired) electrons. The zero-order chi connectivity index (χ0) is 37.1. The third-order valence-electron chi connectivity index (χ3n) is 11.2. The van der Waals surface area contributed by atoms with E-state index in [1.54, 1.807) is 0 Å². The van der Waals surface area contributed by atoms with Crippen molar-refractivity contribution in [2.24, 2.45) is 0 Å². The molecule has 1 atom stereocenters. The van der Waals surface area contributed by atoms with Crippen LogP contribution in [0.5, 0.6) is 0 Å². The zero-order valence-electron chi connectivity index (χ0n) is 35.0. The molecule has 4 nitrogen and oxygen atoms in total. The second-order valence-electron chi connectivity index (χ2n) is 16.4. The minimum Gasteiger partial charge on any atom is -0.394 e. The topological polar surface area (TPSA) is 66.4 Å². The summed E-state index contributed by atoms with van der Waals surface area (Å²) in [5.74, 6) is 0.615. The van der Waals surface area contributed by atoms with E-state index in [4.69, 9.17) is 0 Å². The van der Waals surface area contributed by atoms with Crippen molar-refractivity contribution in [3.05, 3.63) is 0 Å². The third kappa shape index (κ3) is 41.7. The van der Waals surface area contributed by atoms with Crippen LogP contribution in [0.1, 0.15) is 277 Å². The molecule has 1 amide bonds. The van der Waals surface area contributed by atoms with Gasteiger partial charge in [0.25, 0.3) is 0 Å². The first-order valence-electron chi connectivity index (χ1n) is 23.6. The summed E-state index contributed by atoms with van der Waals surface area (Å²) >= 11 is 0. The van der Waals surface area contributed by atoms with Crippen LogP contribution in [0.3, 0.4) is 0 Å². The van der Waals surface area contributed by atoms with E-state index in [0.29, 0.717) is 12.2 Å². The maximum Gasteiger partial charge on any atom is 0.220 e. The summed E-state index contributed by atoms with van der Waals surface area (Å²) < 4.78 is 0. The summed E-state index contributed by atoms with van der Waals surface area (Å²) in [7, 11) is 0. The van der Waals surface area contributed by atoms with E-state index >= 15 is 0 Å². The van der Waals surface area contributed by atoms with E-state index in [9.17, 15) is 14.7 Å². The molecule has 0 aromatic rings. The van der Waals surface area contributed by atoms with Gasteiger partial charge in [-0.2, -0.15) is 0 Å². The molecule has 2 N–H and O–H groups in total. The molecule has 304 valence electrons. The van der Waals surface area contributed by atoms with Gasteiger partial charge in [-0.3, -0.25) is 9.59 Å². The smallest absolute Gasteiger partial charge is 0.220 e. The Morgan fingerprint density at radius 2 is 0.627 bits per heavy atom. The molecule has 0 aromatic heterocycles. The molecule has 0 bridgehead atoms. The van der Waals surface area contributed by atoms with Gasteiger partial charge in [0.2, 0.25) is 5.91 Å². The van der Waals surface area contributed by atoms with Crippen LogP contribution in [0.4, 0.5) is 0 Å². The number of ketones is 1. The lowest BCUT2D eigenvalue weighted by Crippen LogP contribution is -2.37. The lowest BCUT2D eigenvalue weighted by molar-refractivity contribution is -0.122. The van der Waals surface area contributed by atoms with Crippen molar-refractivity contribution in [2.45, 2.75) is 283 Å². The first kappa shape index (κ1) is 50.1. The second-order valence-corrected chi connectivity index (χ2v) is 16.4. The number of Topliss-reactive ketones (excluding diaryl/α,β-unsaturated/α-hetero) is 1. The number of unbranched alkanes of at least 4 members (excludes halogenated alkanes) is 34. The summed E-state index contributed by atoms with van der Waals surface area (Å²) in [4.78, 5) is 24.6. The van der Waals surface area contributed by atoms with Crippen LogP contribution in [-0.2, 0) is 9.59 Å². The predicted molar refractivity (Wildman–Crippen MR) is 225 cm³/mol. The van der Waals surface area contributed by atoms with Crippen LogP contribution in [0.2, 0.25) is 0 Å². The van der Waals surface area contributed by atoms with Gasteiger partial charge in [0.15, 0.2) is 0 Å². The van der Waals surface area contributed by atoms with Crippen LogP contribution in [0, 0.1) is 0 Å². The molecule has 4 heteroatoms. The van der Waals surface area contributed by atoms with Crippen molar-refractivity contribution in [3.8, 4) is 0 Å². The van der Waals surface area contributed by atoms with Gasteiger partial charge in [0.05, 0.1) is 12.6 Å². The van der Waals surface area contributed by atoms with E-state index in [1.165, 1.54) is 205 Å². The van der Waals surface area contributed by atoms with E-state index < -0.39 is 0 Å². The van der Waals surface area contributed by atoms with Crippen LogP contribution in [0.25, 0.3) is 0 Å². The maximum absolute atomic E-state index is 12.4. The Morgan fingerprint density at radius 1 is 0.373 bits per heavy atom. The lowest BCUT2D eigenvalue weighted by Gasteiger charge is -2.16. The number of hydrogen-bond donors (Lipinski definition) is 2. The number of rotatable bonds is 44. The van der Waals surface area contributed by atoms with Gasteiger partial charge in [-0.05, 0) is 25.7 Å². The molecule has 1 unspecified atom stereocenters. The normalized spacial score (nSPS) is 12.1. The number of aliphatic hydroxyl groups is 1. The Kier molecular flexibility index (Phi) is 42.7. The summed E-state index contributed by atoms with van der Waals surface area (Å²) in [6, 6.07) is -0.0682. The number of nitrogens with one attached hydrogen (secondary N) is 1. The zero-order valence-corrected chi connectivity index (χ0v) is 35.0. The number of carbonyl (C=O) groups is 2. The maximum atomic E-state index is 12.4. The number of aliphatic hydroxyl groups excluding tert-OH is 1. The molecule has 0 rings (SSSR count). The van der Waals surface area contributed by atoms with Crippen LogP contribution < -0.4 is 5.32 Å². The SMILES string of the molecule is CCCCCCCCCCCCCCCCC(CO)NC(=O)CCCCCCCCCCCCCCC(=O)CCCCCCCCCCCCC. The standard InChI is InChI=1S/C47H93NO3/c1-3-5-7-9-11-13-15-16-17-21-24-28-32-36-40-45(44-49)48-47(51)43-39-35-31-27-23-19-18-22-26-30-34-38-42-46(50)41-37-33-29-25-20-14-12-10-8-6-4-2/h45,49H,3-44H2,1-2H3,(H,48,51). The van der Waals surface area contributed by atoms with Crippen molar-refractivity contribution in [1.82, 2.24) is 5.32 Å². The first-order chi connectivity index (χ1) is 25.1. The average Bonchev–Trinajstić information content (AvgIpc) is 3.13. The quantitative estimate of drug-likeness (QED) is 0.0616. The van der Waals surface area contributed by atoms with Gasteiger partial charge in [0, 0.05) is 19.3 Å². The fourth-order valence-electron chi connectivity index (χ4n) is 7.58. The van der Waals surface area contributed by atoms with Crippen LogP contribution in [0.15, 0.2) is 0 Å². The van der Waals surface area contributed by atoms with Crippen molar-refractivity contribution >= 4 is 11.7 Å². The van der Waals surface area contributed by atoms with Crippen molar-refractivity contribution in [1.29, 1.82) is 0 Å². The molecule has 0 aliphatic rings. The predicted octanol–water partition coefficient (Wildman–Crippen LogP) is 15.1. The third-order valence-corrected chi connectivity index (χ3v) is 11.2. The summed E-state index contributed by atoms with van der Waals surface area (Å²) in [5, 5.41) is 12.8. The number of hydrogen-bond acceptors (Lipinski definition) is 3. The molecule has 0 aliphatic carbocycles. The minimum absolute atomic E-state index is 0.0589. The number of carbonyl (C=O) groups excluding carboxylic acids is 2. The van der Waals surface area contributed by atoms with Crippen LogP contribution >= 0.6 is 0 Å². The van der Waals surface area contributed by atoms with Crippen molar-refractivity contribution in [3.63, 3.8) is 0 Å².